The lowest BCUT2D eigenvalue weighted by atomic mass is 10.1. The fourth-order valence-electron chi connectivity index (χ4n) is 3.14. The predicted molar refractivity (Wildman–Crippen MR) is 109 cm³/mol. The molecule has 2 unspecified atom stereocenters. The van der Waals surface area contributed by atoms with E-state index in [0.29, 0.717) is 11.4 Å². The molecule has 1 aromatic heterocycles. The summed E-state index contributed by atoms with van der Waals surface area (Å²) in [6, 6.07) is 15.5. The van der Waals surface area contributed by atoms with Crippen molar-refractivity contribution in [1.29, 1.82) is 0 Å². The van der Waals surface area contributed by atoms with Crippen molar-refractivity contribution < 1.29 is 19.7 Å². The number of aliphatic hydroxyl groups excluding tert-OH is 2. The summed E-state index contributed by atoms with van der Waals surface area (Å²) in [4.78, 5) is 18.8. The molecular weight excluding hydrogens is 376 g/mol. The van der Waals surface area contributed by atoms with E-state index in [0.717, 1.165) is 21.8 Å². The highest BCUT2D eigenvalue weighted by molar-refractivity contribution is 7.13. The Morgan fingerprint density at radius 3 is 2.75 bits per heavy atom. The number of β-amino-alcohol motifs (C(OH)–C–C–N with tert-alkyl or cyclic N) is 1. The third kappa shape index (κ3) is 3.52. The number of hydrogen-bond acceptors (Lipinski definition) is 6. The second-order valence-corrected chi connectivity index (χ2v) is 7.49. The maximum absolute atomic E-state index is 12.6. The minimum atomic E-state index is -1.02. The zero-order valence-corrected chi connectivity index (χ0v) is 16.1. The average molecular weight is 396 g/mol. The van der Waals surface area contributed by atoms with Crippen molar-refractivity contribution in [3.8, 4) is 27.6 Å². The zero-order valence-electron chi connectivity index (χ0n) is 15.3. The first-order chi connectivity index (χ1) is 13.6. The number of aliphatic hydroxyl groups is 2. The molecule has 0 saturated carbocycles. The second kappa shape index (κ2) is 7.71. The number of ether oxygens (including phenoxy) is 1. The van der Waals surface area contributed by atoms with E-state index < -0.39 is 18.8 Å². The standard InChI is InChI=1S/C21H20N2O4S/c1-13-21(26)23(10-16(25)11-24)18-9-15(7-8-19(18)27-13)17-12-28-20(22-17)14-5-3-2-4-6-14/h2-9,12-13,16,24-25H,10-11H2,1H3. The molecule has 0 radical (unpaired) electrons. The summed E-state index contributed by atoms with van der Waals surface area (Å²) in [7, 11) is 0. The van der Waals surface area contributed by atoms with Gasteiger partial charge in [-0.3, -0.25) is 4.79 Å². The van der Waals surface area contributed by atoms with Crippen molar-refractivity contribution in [3.63, 3.8) is 0 Å². The Balaban J connectivity index is 1.70. The Labute approximate surface area is 166 Å². The quantitative estimate of drug-likeness (QED) is 0.693. The molecule has 6 nitrogen and oxygen atoms in total. The number of anilines is 1. The molecule has 2 heterocycles. The van der Waals surface area contributed by atoms with Crippen LogP contribution in [0.15, 0.2) is 53.9 Å². The number of carbonyl (C=O) groups excluding carboxylic acids is 1. The first-order valence-electron chi connectivity index (χ1n) is 8.99. The van der Waals surface area contributed by atoms with Gasteiger partial charge in [0.1, 0.15) is 10.8 Å². The number of benzene rings is 2. The fourth-order valence-corrected chi connectivity index (χ4v) is 3.98. The molecule has 0 aliphatic carbocycles. The van der Waals surface area contributed by atoms with Gasteiger partial charge in [-0.1, -0.05) is 30.3 Å². The normalized spacial score (nSPS) is 17.2. The van der Waals surface area contributed by atoms with E-state index in [2.05, 4.69) is 0 Å². The molecule has 2 atom stereocenters. The van der Waals surface area contributed by atoms with Gasteiger partial charge >= 0.3 is 0 Å². The Kier molecular flexibility index (Phi) is 5.13. The van der Waals surface area contributed by atoms with Crippen LogP contribution in [0.1, 0.15) is 6.92 Å². The van der Waals surface area contributed by atoms with E-state index in [1.54, 1.807) is 18.3 Å². The number of aromatic nitrogens is 1. The number of fused-ring (bicyclic) bond motifs is 1. The largest absolute Gasteiger partial charge is 0.479 e. The van der Waals surface area contributed by atoms with Gasteiger partial charge in [0, 0.05) is 16.5 Å². The van der Waals surface area contributed by atoms with Crippen molar-refractivity contribution in [1.82, 2.24) is 4.98 Å². The zero-order chi connectivity index (χ0) is 19.7. The third-order valence-electron chi connectivity index (χ3n) is 4.59. The topological polar surface area (TPSA) is 82.9 Å². The number of rotatable bonds is 5. The molecule has 0 fully saturated rings. The van der Waals surface area contributed by atoms with Crippen LogP contribution in [0.3, 0.4) is 0 Å². The van der Waals surface area contributed by atoms with Crippen LogP contribution in [0.5, 0.6) is 5.75 Å². The van der Waals surface area contributed by atoms with Crippen LogP contribution in [-0.2, 0) is 4.79 Å². The van der Waals surface area contributed by atoms with E-state index in [1.165, 1.54) is 4.90 Å². The van der Waals surface area contributed by atoms with Crippen LogP contribution in [0.4, 0.5) is 5.69 Å². The maximum Gasteiger partial charge on any atom is 0.267 e. The average Bonchev–Trinajstić information content (AvgIpc) is 3.22. The van der Waals surface area contributed by atoms with Crippen LogP contribution in [0.2, 0.25) is 0 Å². The van der Waals surface area contributed by atoms with Gasteiger partial charge in [0.25, 0.3) is 5.91 Å². The molecule has 1 aliphatic heterocycles. The lowest BCUT2D eigenvalue weighted by Gasteiger charge is -2.34. The van der Waals surface area contributed by atoms with Crippen LogP contribution < -0.4 is 9.64 Å². The first-order valence-corrected chi connectivity index (χ1v) is 9.87. The van der Waals surface area contributed by atoms with Crippen LogP contribution in [-0.4, -0.2) is 46.5 Å². The van der Waals surface area contributed by atoms with Gasteiger partial charge in [0.05, 0.1) is 30.6 Å². The fraction of sp³-hybridized carbons (Fsp3) is 0.238. The number of amides is 1. The van der Waals surface area contributed by atoms with Gasteiger partial charge in [-0.05, 0) is 25.1 Å². The maximum atomic E-state index is 12.6. The minimum Gasteiger partial charge on any atom is -0.479 e. The molecule has 1 aliphatic rings. The molecule has 2 aromatic carbocycles. The SMILES string of the molecule is CC1Oc2ccc(-c3csc(-c4ccccc4)n3)cc2N(CC(O)CO)C1=O. The molecule has 1 amide bonds. The third-order valence-corrected chi connectivity index (χ3v) is 5.48. The molecule has 0 saturated heterocycles. The summed E-state index contributed by atoms with van der Waals surface area (Å²) in [6.45, 7) is 1.26. The van der Waals surface area contributed by atoms with Gasteiger partial charge in [-0.15, -0.1) is 11.3 Å². The summed E-state index contributed by atoms with van der Waals surface area (Å²) in [5.74, 6) is 0.319. The monoisotopic (exact) mass is 396 g/mol. The molecule has 2 N–H and O–H groups in total. The van der Waals surface area contributed by atoms with Crippen molar-refractivity contribution >= 4 is 22.9 Å². The van der Waals surface area contributed by atoms with Crippen molar-refractivity contribution in [2.24, 2.45) is 0 Å². The first kappa shape index (κ1) is 18.6. The highest BCUT2D eigenvalue weighted by atomic mass is 32.1. The Morgan fingerprint density at radius 1 is 1.21 bits per heavy atom. The van der Waals surface area contributed by atoms with Crippen LogP contribution in [0.25, 0.3) is 21.8 Å². The van der Waals surface area contributed by atoms with E-state index in [4.69, 9.17) is 9.72 Å². The molecule has 0 bridgehead atoms. The minimum absolute atomic E-state index is 0.00577. The molecule has 3 aromatic rings. The van der Waals surface area contributed by atoms with E-state index in [9.17, 15) is 15.0 Å². The van der Waals surface area contributed by atoms with E-state index >= 15 is 0 Å². The Hall–Kier alpha value is -2.74. The highest BCUT2D eigenvalue weighted by Gasteiger charge is 2.33. The van der Waals surface area contributed by atoms with Crippen LogP contribution in [0, 0.1) is 0 Å². The van der Waals surface area contributed by atoms with Gasteiger partial charge in [0.2, 0.25) is 0 Å². The number of carbonyl (C=O) groups is 1. The number of hydrogen-bond donors (Lipinski definition) is 2. The molecule has 4 rings (SSSR count). The van der Waals surface area contributed by atoms with Gasteiger partial charge in [-0.2, -0.15) is 0 Å². The molecule has 28 heavy (non-hydrogen) atoms. The van der Waals surface area contributed by atoms with Gasteiger partial charge in [0.15, 0.2) is 6.10 Å². The summed E-state index contributed by atoms with van der Waals surface area (Å²) in [5.41, 5.74) is 3.28. The van der Waals surface area contributed by atoms with Crippen molar-refractivity contribution in [2.45, 2.75) is 19.1 Å². The van der Waals surface area contributed by atoms with Crippen molar-refractivity contribution in [2.75, 3.05) is 18.1 Å². The van der Waals surface area contributed by atoms with Gasteiger partial charge in [-0.25, -0.2) is 4.98 Å². The second-order valence-electron chi connectivity index (χ2n) is 6.63. The highest BCUT2D eigenvalue weighted by Crippen LogP contribution is 2.38. The lowest BCUT2D eigenvalue weighted by Crippen LogP contribution is -2.48. The molecule has 0 spiro atoms. The van der Waals surface area contributed by atoms with Crippen molar-refractivity contribution in [3.05, 3.63) is 53.9 Å². The summed E-state index contributed by atoms with van der Waals surface area (Å²) >= 11 is 1.55. The molecular formula is C21H20N2O4S. The summed E-state index contributed by atoms with van der Waals surface area (Å²) in [5, 5.41) is 21.9. The molecule has 144 valence electrons. The van der Waals surface area contributed by atoms with E-state index in [-0.39, 0.29) is 12.5 Å². The number of nitrogens with zero attached hydrogens (tertiary/aromatic N) is 2. The Morgan fingerprint density at radius 2 is 2.00 bits per heavy atom. The number of thiazole rings is 1. The van der Waals surface area contributed by atoms with Crippen LogP contribution >= 0.6 is 11.3 Å². The van der Waals surface area contributed by atoms with Gasteiger partial charge < -0.3 is 19.8 Å². The smallest absolute Gasteiger partial charge is 0.267 e. The Bertz CT molecular complexity index is 989. The summed E-state index contributed by atoms with van der Waals surface area (Å²) < 4.78 is 5.70. The summed E-state index contributed by atoms with van der Waals surface area (Å²) in [6.07, 6.45) is -1.66. The van der Waals surface area contributed by atoms with E-state index in [1.807, 2.05) is 53.9 Å². The molecule has 7 heteroatoms. The predicted octanol–water partition coefficient (Wildman–Crippen LogP) is 2.94. The lowest BCUT2D eigenvalue weighted by molar-refractivity contribution is -0.126.